The maximum Gasteiger partial charge on any atom is 0.255 e. The van der Waals surface area contributed by atoms with Crippen LogP contribution in [0, 0.1) is 0 Å². The lowest BCUT2D eigenvalue weighted by atomic mass is 10.2. The molecule has 0 aliphatic heterocycles. The molecule has 0 amide bonds. The summed E-state index contributed by atoms with van der Waals surface area (Å²) in [5.74, 6) is 0.858. The predicted molar refractivity (Wildman–Crippen MR) is 78.1 cm³/mol. The van der Waals surface area contributed by atoms with Crippen molar-refractivity contribution >= 4 is 59.9 Å². The molecule has 2 aromatic rings. The molecule has 0 saturated carbocycles. The van der Waals surface area contributed by atoms with E-state index in [0.29, 0.717) is 11.8 Å². The van der Waals surface area contributed by atoms with E-state index in [1.54, 1.807) is 6.08 Å². The average molecular weight is 423 g/mol. The van der Waals surface area contributed by atoms with Crippen molar-refractivity contribution in [3.05, 3.63) is 47.7 Å². The van der Waals surface area contributed by atoms with E-state index in [0.717, 1.165) is 5.56 Å². The van der Waals surface area contributed by atoms with Crippen LogP contribution in [0.5, 0.6) is 0 Å². The largest absolute Gasteiger partial charge is 0.418 e. The highest BCUT2D eigenvalue weighted by atomic mass is 80.0. The number of hydrogen-bond donors (Lipinski definition) is 0. The van der Waals surface area contributed by atoms with Gasteiger partial charge in [0.05, 0.1) is 0 Å². The highest BCUT2D eigenvalue weighted by Crippen LogP contribution is 2.43. The molecule has 1 heterocycles. The highest BCUT2D eigenvalue weighted by molar-refractivity contribution is 9.38. The number of nitrogens with zero attached hydrogens (tertiary/aromatic N) is 2. The lowest BCUT2D eigenvalue weighted by molar-refractivity contribution is 0.502. The van der Waals surface area contributed by atoms with Crippen LogP contribution in [0.4, 0.5) is 0 Å². The van der Waals surface area contributed by atoms with Crippen LogP contribution in [0.25, 0.3) is 12.2 Å². The van der Waals surface area contributed by atoms with Gasteiger partial charge in [0.25, 0.3) is 5.89 Å². The van der Waals surface area contributed by atoms with Gasteiger partial charge in [0.2, 0.25) is 8.03 Å². The number of alkyl halides is 3. The fraction of sp³-hybridized carbons (Fsp3) is 0.0909. The van der Waals surface area contributed by atoms with Gasteiger partial charge in [0.15, 0.2) is 0 Å². The molecule has 0 atom stereocenters. The summed E-state index contributed by atoms with van der Waals surface area (Å²) in [6.45, 7) is 0. The first kappa shape index (κ1) is 13.0. The van der Waals surface area contributed by atoms with Crippen molar-refractivity contribution in [2.45, 2.75) is 2.14 Å². The maximum atomic E-state index is 5.42. The lowest BCUT2D eigenvalue weighted by Crippen LogP contribution is -1.97. The Balaban J connectivity index is 2.15. The molecule has 0 fully saturated rings. The van der Waals surface area contributed by atoms with Gasteiger partial charge in [-0.2, -0.15) is 0 Å². The first-order chi connectivity index (χ1) is 8.05. The first-order valence-corrected chi connectivity index (χ1v) is 7.07. The third-order valence-corrected chi connectivity index (χ3v) is 2.92. The molecule has 0 aliphatic carbocycles. The molecule has 0 bridgehead atoms. The van der Waals surface area contributed by atoms with Crippen LogP contribution in [0.1, 0.15) is 17.3 Å². The van der Waals surface area contributed by atoms with Gasteiger partial charge in [0, 0.05) is 6.08 Å². The summed E-state index contributed by atoms with van der Waals surface area (Å²) in [5, 5.41) is 7.80. The zero-order valence-electron chi connectivity index (χ0n) is 8.48. The molecular formula is C11H7Br3N2O. The van der Waals surface area contributed by atoms with Gasteiger partial charge in [-0.05, 0) is 59.4 Å². The molecule has 0 spiro atoms. The smallest absolute Gasteiger partial charge is 0.255 e. The molecule has 3 nitrogen and oxygen atoms in total. The summed E-state index contributed by atoms with van der Waals surface area (Å²) in [6, 6.07) is 9.91. The summed E-state index contributed by atoms with van der Waals surface area (Å²) >= 11 is 9.93. The van der Waals surface area contributed by atoms with Crippen LogP contribution < -0.4 is 0 Å². The van der Waals surface area contributed by atoms with E-state index in [4.69, 9.17) is 4.42 Å². The Morgan fingerprint density at radius 2 is 1.71 bits per heavy atom. The summed E-state index contributed by atoms with van der Waals surface area (Å²) in [4.78, 5) is 0. The quantitative estimate of drug-likeness (QED) is 0.667. The second-order valence-corrected chi connectivity index (χ2v) is 9.95. The van der Waals surface area contributed by atoms with Crippen LogP contribution in [-0.4, -0.2) is 10.2 Å². The molecule has 2 rings (SSSR count). The van der Waals surface area contributed by atoms with Gasteiger partial charge < -0.3 is 4.42 Å². The molecule has 0 radical (unpaired) electrons. The average Bonchev–Trinajstić information content (AvgIpc) is 2.76. The number of halogens is 3. The van der Waals surface area contributed by atoms with Gasteiger partial charge in [0.1, 0.15) is 0 Å². The number of hydrogen-bond acceptors (Lipinski definition) is 3. The molecule has 17 heavy (non-hydrogen) atoms. The molecule has 0 saturated heterocycles. The van der Waals surface area contributed by atoms with Crippen molar-refractivity contribution < 1.29 is 4.42 Å². The molecule has 1 aromatic carbocycles. The lowest BCUT2D eigenvalue weighted by Gasteiger charge is -2.03. The second-order valence-electron chi connectivity index (χ2n) is 3.19. The van der Waals surface area contributed by atoms with E-state index in [1.807, 2.05) is 36.4 Å². The van der Waals surface area contributed by atoms with Gasteiger partial charge in [-0.25, -0.2) is 0 Å². The SMILES string of the molecule is BrC(Br)(Br)c1nnc(C=Cc2ccccc2)o1. The van der Waals surface area contributed by atoms with E-state index in [1.165, 1.54) is 0 Å². The normalized spacial score (nSPS) is 12.2. The summed E-state index contributed by atoms with van der Waals surface area (Å²) < 4.78 is 4.75. The Hall–Kier alpha value is -0.460. The van der Waals surface area contributed by atoms with Crippen molar-refractivity contribution in [3.63, 3.8) is 0 Å². The minimum absolute atomic E-state index is 0.408. The monoisotopic (exact) mass is 420 g/mol. The zero-order valence-corrected chi connectivity index (χ0v) is 13.2. The summed E-state index contributed by atoms with van der Waals surface area (Å²) in [6.07, 6.45) is 3.68. The summed E-state index contributed by atoms with van der Waals surface area (Å²) in [7, 11) is 0. The molecule has 1 aromatic heterocycles. The van der Waals surface area contributed by atoms with Gasteiger partial charge in [-0.3, -0.25) is 0 Å². The first-order valence-electron chi connectivity index (χ1n) is 4.69. The Morgan fingerprint density at radius 1 is 1.00 bits per heavy atom. The highest BCUT2D eigenvalue weighted by Gasteiger charge is 2.27. The molecule has 0 unspecified atom stereocenters. The second kappa shape index (κ2) is 5.46. The maximum absolute atomic E-state index is 5.42. The molecule has 0 N–H and O–H groups in total. The topological polar surface area (TPSA) is 38.9 Å². The van der Waals surface area contributed by atoms with Crippen LogP contribution in [-0.2, 0) is 2.14 Å². The van der Waals surface area contributed by atoms with Crippen LogP contribution in [0.15, 0.2) is 34.7 Å². The van der Waals surface area contributed by atoms with E-state index >= 15 is 0 Å². The third kappa shape index (κ3) is 3.76. The van der Waals surface area contributed by atoms with E-state index in [2.05, 4.69) is 58.0 Å². The van der Waals surface area contributed by atoms with Crippen molar-refractivity contribution in [3.8, 4) is 0 Å². The van der Waals surface area contributed by atoms with E-state index < -0.39 is 2.14 Å². The minimum atomic E-state index is -0.668. The number of benzene rings is 1. The minimum Gasteiger partial charge on any atom is -0.418 e. The van der Waals surface area contributed by atoms with Crippen LogP contribution in [0.3, 0.4) is 0 Å². The van der Waals surface area contributed by atoms with Crippen LogP contribution >= 0.6 is 47.8 Å². The van der Waals surface area contributed by atoms with Crippen molar-refractivity contribution in [2.24, 2.45) is 0 Å². The van der Waals surface area contributed by atoms with Crippen molar-refractivity contribution in [1.82, 2.24) is 10.2 Å². The Kier molecular flexibility index (Phi) is 4.17. The molecular weight excluding hydrogens is 416 g/mol. The predicted octanol–water partition coefficient (Wildman–Crippen LogP) is 4.54. The Labute approximate surface area is 124 Å². The molecule has 88 valence electrons. The Morgan fingerprint density at radius 3 is 2.29 bits per heavy atom. The van der Waals surface area contributed by atoms with E-state index in [-0.39, 0.29) is 0 Å². The fourth-order valence-corrected chi connectivity index (χ4v) is 1.63. The van der Waals surface area contributed by atoms with Gasteiger partial charge in [-0.15, -0.1) is 10.2 Å². The molecule has 0 aliphatic rings. The van der Waals surface area contributed by atoms with Crippen molar-refractivity contribution in [1.29, 1.82) is 0 Å². The van der Waals surface area contributed by atoms with Gasteiger partial charge >= 0.3 is 0 Å². The zero-order chi connectivity index (χ0) is 12.3. The Bertz CT molecular complexity index is 517. The van der Waals surface area contributed by atoms with Gasteiger partial charge in [-0.1, -0.05) is 30.3 Å². The van der Waals surface area contributed by atoms with Crippen LogP contribution in [0.2, 0.25) is 0 Å². The standard InChI is InChI=1S/C11H7Br3N2O/c12-11(13,14)10-16-15-9(17-10)7-6-8-4-2-1-3-5-8/h1-7H. The van der Waals surface area contributed by atoms with E-state index in [9.17, 15) is 0 Å². The third-order valence-electron chi connectivity index (χ3n) is 1.90. The molecule has 6 heteroatoms. The van der Waals surface area contributed by atoms with Crippen molar-refractivity contribution in [2.75, 3.05) is 0 Å². The number of rotatable bonds is 2. The number of aromatic nitrogens is 2. The summed E-state index contributed by atoms with van der Waals surface area (Å²) in [5.41, 5.74) is 1.08. The fourth-order valence-electron chi connectivity index (χ4n) is 1.15.